The molecule has 3 nitrogen and oxygen atoms in total. The van der Waals surface area contributed by atoms with Gasteiger partial charge in [0.05, 0.1) is 6.10 Å². The second-order valence-corrected chi connectivity index (χ2v) is 5.12. The van der Waals surface area contributed by atoms with Crippen LogP contribution in [0.4, 0.5) is 0 Å². The molecule has 0 amide bonds. The largest absolute Gasteiger partial charge is 0.356 e. The van der Waals surface area contributed by atoms with Crippen LogP contribution in [-0.2, 0) is 4.74 Å². The predicted octanol–water partition coefficient (Wildman–Crippen LogP) is 1.44. The molecule has 0 aromatic carbocycles. The van der Waals surface area contributed by atoms with E-state index in [2.05, 4.69) is 31.0 Å². The molecule has 2 rings (SSSR count). The first-order valence-electron chi connectivity index (χ1n) is 6.29. The number of ether oxygens (including phenoxy) is 1. The van der Waals surface area contributed by atoms with Gasteiger partial charge in [0.1, 0.15) is 5.72 Å². The molecule has 2 saturated heterocycles. The average Bonchev–Trinajstić information content (AvgIpc) is 2.60. The maximum atomic E-state index is 6.03. The van der Waals surface area contributed by atoms with Crippen molar-refractivity contribution in [3.05, 3.63) is 0 Å². The van der Waals surface area contributed by atoms with Crippen molar-refractivity contribution in [1.29, 1.82) is 0 Å². The normalized spacial score (nSPS) is 39.8. The molecule has 2 aliphatic rings. The molecule has 2 aliphatic heterocycles. The Balaban J connectivity index is 1.90. The lowest BCUT2D eigenvalue weighted by Crippen LogP contribution is -2.49. The average molecular weight is 212 g/mol. The molecule has 88 valence electrons. The summed E-state index contributed by atoms with van der Waals surface area (Å²) in [7, 11) is 0. The van der Waals surface area contributed by atoms with E-state index in [1.807, 2.05) is 0 Å². The quantitative estimate of drug-likeness (QED) is 0.749. The van der Waals surface area contributed by atoms with E-state index in [-0.39, 0.29) is 5.72 Å². The number of rotatable bonds is 2. The molecular formula is C12H24N2O. The van der Waals surface area contributed by atoms with Gasteiger partial charge in [-0.2, -0.15) is 0 Å². The van der Waals surface area contributed by atoms with Crippen molar-refractivity contribution in [1.82, 2.24) is 10.2 Å². The van der Waals surface area contributed by atoms with E-state index in [0.29, 0.717) is 12.0 Å². The van der Waals surface area contributed by atoms with Crippen molar-refractivity contribution < 1.29 is 4.74 Å². The fraction of sp³-hybridized carbons (Fsp3) is 1.00. The molecule has 2 fully saturated rings. The highest BCUT2D eigenvalue weighted by Crippen LogP contribution is 2.32. The number of hydrogen-bond acceptors (Lipinski definition) is 3. The molecule has 0 aromatic rings. The second-order valence-electron chi connectivity index (χ2n) is 5.12. The van der Waals surface area contributed by atoms with Crippen LogP contribution in [0.5, 0.6) is 0 Å². The van der Waals surface area contributed by atoms with E-state index in [0.717, 1.165) is 6.54 Å². The number of likely N-dealkylation sites (tertiary alicyclic amines) is 1. The molecule has 3 heteroatoms. The Labute approximate surface area is 93.2 Å². The summed E-state index contributed by atoms with van der Waals surface area (Å²) in [5, 5.41) is 3.54. The molecule has 0 saturated carbocycles. The highest BCUT2D eigenvalue weighted by atomic mass is 16.5. The van der Waals surface area contributed by atoms with Crippen LogP contribution in [0.15, 0.2) is 0 Å². The van der Waals surface area contributed by atoms with Crippen molar-refractivity contribution in [2.24, 2.45) is 5.92 Å². The van der Waals surface area contributed by atoms with Crippen LogP contribution >= 0.6 is 0 Å². The molecule has 0 bridgehead atoms. The van der Waals surface area contributed by atoms with Crippen LogP contribution in [0.1, 0.15) is 33.6 Å². The molecule has 15 heavy (non-hydrogen) atoms. The lowest BCUT2D eigenvalue weighted by atomic mass is 9.87. The zero-order valence-electron chi connectivity index (χ0n) is 10.3. The lowest BCUT2D eigenvalue weighted by molar-refractivity contribution is -0.0865. The Morgan fingerprint density at radius 3 is 2.53 bits per heavy atom. The summed E-state index contributed by atoms with van der Waals surface area (Å²) in [6.45, 7) is 11.3. The number of hydrogen-bond donors (Lipinski definition) is 1. The van der Waals surface area contributed by atoms with Crippen molar-refractivity contribution in [2.75, 3.05) is 26.2 Å². The summed E-state index contributed by atoms with van der Waals surface area (Å²) >= 11 is 0. The highest BCUT2D eigenvalue weighted by Gasteiger charge is 2.41. The fourth-order valence-electron chi connectivity index (χ4n) is 2.89. The topological polar surface area (TPSA) is 24.5 Å². The highest BCUT2D eigenvalue weighted by molar-refractivity contribution is 4.90. The van der Waals surface area contributed by atoms with E-state index in [4.69, 9.17) is 4.74 Å². The standard InChI is InChI=1S/C12H24N2O/c1-4-14-7-5-11(6-8-14)12(3)13-9-10(2)15-12/h10-11,13H,4-9H2,1-3H3. The minimum absolute atomic E-state index is 0.0563. The van der Waals surface area contributed by atoms with Crippen molar-refractivity contribution in [2.45, 2.75) is 45.4 Å². The van der Waals surface area contributed by atoms with Crippen molar-refractivity contribution in [3.8, 4) is 0 Å². The molecular weight excluding hydrogens is 188 g/mol. The SMILES string of the molecule is CCN1CCC(C2(C)NCC(C)O2)CC1. The van der Waals surface area contributed by atoms with E-state index in [1.165, 1.54) is 32.5 Å². The van der Waals surface area contributed by atoms with Crippen LogP contribution in [0, 0.1) is 5.92 Å². The molecule has 1 N–H and O–H groups in total. The van der Waals surface area contributed by atoms with E-state index >= 15 is 0 Å². The molecule has 0 radical (unpaired) electrons. The number of piperidine rings is 1. The van der Waals surface area contributed by atoms with Gasteiger partial charge in [0.25, 0.3) is 0 Å². The summed E-state index contributed by atoms with van der Waals surface area (Å²) in [6, 6.07) is 0. The van der Waals surface area contributed by atoms with E-state index < -0.39 is 0 Å². The number of nitrogens with one attached hydrogen (secondary N) is 1. The first-order valence-corrected chi connectivity index (χ1v) is 6.29. The van der Waals surface area contributed by atoms with Crippen molar-refractivity contribution >= 4 is 0 Å². The van der Waals surface area contributed by atoms with E-state index in [9.17, 15) is 0 Å². The minimum atomic E-state index is -0.0563. The van der Waals surface area contributed by atoms with Gasteiger partial charge in [0, 0.05) is 12.5 Å². The third kappa shape index (κ3) is 2.35. The van der Waals surface area contributed by atoms with Gasteiger partial charge >= 0.3 is 0 Å². The Hall–Kier alpha value is -0.120. The van der Waals surface area contributed by atoms with Gasteiger partial charge in [-0.15, -0.1) is 0 Å². The molecule has 2 unspecified atom stereocenters. The third-order valence-corrected chi connectivity index (χ3v) is 4.00. The van der Waals surface area contributed by atoms with Crippen LogP contribution in [0.25, 0.3) is 0 Å². The zero-order chi connectivity index (χ0) is 10.9. The first-order chi connectivity index (χ1) is 7.14. The Kier molecular flexibility index (Phi) is 3.33. The van der Waals surface area contributed by atoms with Gasteiger partial charge < -0.3 is 9.64 Å². The van der Waals surface area contributed by atoms with E-state index in [1.54, 1.807) is 0 Å². The molecule has 2 heterocycles. The molecule has 0 aromatic heterocycles. The molecule has 0 spiro atoms. The van der Waals surface area contributed by atoms with Crippen LogP contribution in [0.3, 0.4) is 0 Å². The Morgan fingerprint density at radius 1 is 1.40 bits per heavy atom. The van der Waals surface area contributed by atoms with Gasteiger partial charge in [-0.3, -0.25) is 5.32 Å². The maximum absolute atomic E-state index is 6.03. The van der Waals surface area contributed by atoms with Gasteiger partial charge in [-0.25, -0.2) is 0 Å². The van der Waals surface area contributed by atoms with Gasteiger partial charge in [-0.1, -0.05) is 6.92 Å². The maximum Gasteiger partial charge on any atom is 0.119 e. The Bertz CT molecular complexity index is 214. The van der Waals surface area contributed by atoms with Gasteiger partial charge in [0.15, 0.2) is 0 Å². The van der Waals surface area contributed by atoms with Gasteiger partial charge in [-0.05, 0) is 46.3 Å². The minimum Gasteiger partial charge on any atom is -0.356 e. The monoisotopic (exact) mass is 212 g/mol. The van der Waals surface area contributed by atoms with Gasteiger partial charge in [0.2, 0.25) is 0 Å². The summed E-state index contributed by atoms with van der Waals surface area (Å²) in [5.41, 5.74) is -0.0563. The lowest BCUT2D eigenvalue weighted by Gasteiger charge is -2.39. The molecule has 2 atom stereocenters. The third-order valence-electron chi connectivity index (χ3n) is 4.00. The fourth-order valence-corrected chi connectivity index (χ4v) is 2.89. The Morgan fingerprint density at radius 2 is 2.07 bits per heavy atom. The summed E-state index contributed by atoms with van der Waals surface area (Å²) in [5.74, 6) is 0.685. The predicted molar refractivity (Wildman–Crippen MR) is 61.8 cm³/mol. The van der Waals surface area contributed by atoms with Crippen LogP contribution < -0.4 is 5.32 Å². The smallest absolute Gasteiger partial charge is 0.119 e. The summed E-state index contributed by atoms with van der Waals surface area (Å²) < 4.78 is 6.03. The van der Waals surface area contributed by atoms with Crippen LogP contribution in [0.2, 0.25) is 0 Å². The second kappa shape index (κ2) is 4.40. The zero-order valence-corrected chi connectivity index (χ0v) is 10.3. The number of nitrogens with zero attached hydrogens (tertiary/aromatic N) is 1. The first kappa shape index (κ1) is 11.4. The molecule has 0 aliphatic carbocycles. The summed E-state index contributed by atoms with van der Waals surface area (Å²) in [4.78, 5) is 2.53. The summed E-state index contributed by atoms with van der Waals surface area (Å²) in [6.07, 6.45) is 2.91. The van der Waals surface area contributed by atoms with Crippen molar-refractivity contribution in [3.63, 3.8) is 0 Å². The van der Waals surface area contributed by atoms with Crippen LogP contribution in [-0.4, -0.2) is 42.9 Å².